The molecule has 10 N–H and O–H groups in total. The summed E-state index contributed by atoms with van der Waals surface area (Å²) in [6.45, 7) is 2.11. The van der Waals surface area contributed by atoms with Crippen molar-refractivity contribution < 1.29 is 29.7 Å². The molecule has 0 spiro atoms. The van der Waals surface area contributed by atoms with Crippen LogP contribution >= 0.6 is 0 Å². The molecule has 11 heteroatoms. The molecular formula is C34H63N5O6. The van der Waals surface area contributed by atoms with E-state index in [0.29, 0.717) is 13.0 Å². The van der Waals surface area contributed by atoms with E-state index in [4.69, 9.17) is 26.8 Å². The van der Waals surface area contributed by atoms with Gasteiger partial charge in [0.05, 0.1) is 6.54 Å². The predicted molar refractivity (Wildman–Crippen MR) is 181 cm³/mol. The van der Waals surface area contributed by atoms with Gasteiger partial charge in [0.15, 0.2) is 0 Å². The summed E-state index contributed by atoms with van der Waals surface area (Å²) in [5.41, 5.74) is 18.1. The van der Waals surface area contributed by atoms with Gasteiger partial charge >= 0.3 is 17.9 Å². The largest absolute Gasteiger partial charge is 0.480 e. The van der Waals surface area contributed by atoms with Crippen molar-refractivity contribution in [2.24, 2.45) is 17.2 Å². The molecule has 4 rings (SSSR count). The second kappa shape index (κ2) is 26.6. The van der Waals surface area contributed by atoms with Crippen molar-refractivity contribution in [3.05, 3.63) is 35.4 Å². The second-order valence-electron chi connectivity index (χ2n) is 12.4. The molecule has 0 aromatic heterocycles. The van der Waals surface area contributed by atoms with E-state index in [0.717, 1.165) is 24.9 Å². The van der Waals surface area contributed by atoms with Gasteiger partial charge in [-0.1, -0.05) is 82.6 Å². The third-order valence-electron chi connectivity index (χ3n) is 7.93. The number of aliphatic carboxylic acids is 3. The van der Waals surface area contributed by atoms with Crippen LogP contribution in [-0.2, 0) is 27.2 Å². The molecule has 260 valence electrons. The van der Waals surface area contributed by atoms with E-state index in [9.17, 15) is 14.4 Å². The number of benzene rings is 1. The number of hydrogen-bond donors (Lipinski definition) is 7. The number of fused-ring (bicyclic) bond motifs is 1. The Labute approximate surface area is 271 Å². The van der Waals surface area contributed by atoms with Crippen molar-refractivity contribution in [1.82, 2.24) is 10.2 Å². The van der Waals surface area contributed by atoms with Crippen LogP contribution in [0.15, 0.2) is 24.3 Å². The highest BCUT2D eigenvalue weighted by molar-refractivity contribution is 5.73. The fourth-order valence-electron chi connectivity index (χ4n) is 5.41. The van der Waals surface area contributed by atoms with E-state index < -0.39 is 30.0 Å². The first-order valence-corrected chi connectivity index (χ1v) is 16.8. The Morgan fingerprint density at radius 1 is 0.800 bits per heavy atom. The first-order valence-electron chi connectivity index (χ1n) is 16.8. The van der Waals surface area contributed by atoms with Gasteiger partial charge in [0, 0.05) is 18.6 Å². The lowest BCUT2D eigenvalue weighted by Gasteiger charge is -2.30. The van der Waals surface area contributed by atoms with E-state index >= 15 is 0 Å². The summed E-state index contributed by atoms with van der Waals surface area (Å²) < 4.78 is 0. The van der Waals surface area contributed by atoms with E-state index in [1.165, 1.54) is 83.5 Å². The van der Waals surface area contributed by atoms with Gasteiger partial charge < -0.3 is 42.7 Å². The molecule has 2 fully saturated rings. The zero-order chi connectivity index (χ0) is 34.0. The van der Waals surface area contributed by atoms with Crippen LogP contribution in [-0.4, -0.2) is 89.5 Å². The molecule has 11 nitrogen and oxygen atoms in total. The lowest BCUT2D eigenvalue weighted by molar-refractivity contribution is -0.139. The molecule has 0 bridgehead atoms. The summed E-state index contributed by atoms with van der Waals surface area (Å²) in [5.74, 6) is -2.82. The molecule has 2 saturated carbocycles. The molecule has 2 atom stereocenters. The van der Waals surface area contributed by atoms with Gasteiger partial charge in [-0.25, -0.2) is 0 Å². The molecular weight excluding hydrogens is 574 g/mol. The molecule has 0 amide bonds. The first-order chi connectivity index (χ1) is 21.4. The van der Waals surface area contributed by atoms with E-state index in [2.05, 4.69) is 35.3 Å². The fourth-order valence-corrected chi connectivity index (χ4v) is 5.41. The zero-order valence-electron chi connectivity index (χ0n) is 28.1. The monoisotopic (exact) mass is 637 g/mol. The number of carboxylic acid groups (broad SMARTS) is 3. The third-order valence-corrected chi connectivity index (χ3v) is 7.93. The molecule has 1 aromatic carbocycles. The molecule has 3 aliphatic rings. The molecule has 45 heavy (non-hydrogen) atoms. The van der Waals surface area contributed by atoms with Gasteiger partial charge in [0.25, 0.3) is 0 Å². The van der Waals surface area contributed by atoms with Crippen LogP contribution in [0.3, 0.4) is 0 Å². The predicted octanol–water partition coefficient (Wildman–Crippen LogP) is 3.99. The van der Waals surface area contributed by atoms with Crippen LogP contribution in [0.2, 0.25) is 0 Å². The van der Waals surface area contributed by atoms with Crippen LogP contribution in [0.5, 0.6) is 0 Å². The van der Waals surface area contributed by atoms with Crippen molar-refractivity contribution in [3.63, 3.8) is 0 Å². The molecule has 1 aromatic rings. The number of rotatable bonds is 10. The lowest BCUT2D eigenvalue weighted by atomic mass is 9.91. The van der Waals surface area contributed by atoms with Gasteiger partial charge in [-0.15, -0.1) is 0 Å². The SMILES string of the molecule is C1CCC(NC2CCCCC2)CC1.CCCC[C@H](N)C(=O)O.CN(C)C[C@H](N)C(=O)O.NCC(=O)O.c1ccc2c(c1)CCC2. The van der Waals surface area contributed by atoms with Gasteiger partial charge in [0.2, 0.25) is 0 Å². The molecule has 0 heterocycles. The minimum Gasteiger partial charge on any atom is -0.480 e. The highest BCUT2D eigenvalue weighted by atomic mass is 16.4. The maximum atomic E-state index is 10.1. The van der Waals surface area contributed by atoms with Gasteiger partial charge in [-0.2, -0.15) is 0 Å². The number of nitrogens with zero attached hydrogens (tertiary/aromatic N) is 1. The fraction of sp³-hybridized carbons (Fsp3) is 0.735. The Morgan fingerprint density at radius 2 is 1.22 bits per heavy atom. The lowest BCUT2D eigenvalue weighted by Crippen LogP contribution is -2.40. The summed E-state index contributed by atoms with van der Waals surface area (Å²) in [6.07, 6.45) is 21.0. The summed E-state index contributed by atoms with van der Waals surface area (Å²) in [6, 6.07) is 9.05. The highest BCUT2D eigenvalue weighted by Gasteiger charge is 2.19. The normalized spacial score (nSPS) is 17.3. The number of nitrogens with one attached hydrogen (secondary N) is 1. The minimum absolute atomic E-state index is 0.278. The van der Waals surface area contributed by atoms with Gasteiger partial charge in [-0.3, -0.25) is 14.4 Å². The molecule has 0 aliphatic heterocycles. The number of aryl methyl sites for hydroxylation is 2. The molecule has 0 saturated heterocycles. The zero-order valence-corrected chi connectivity index (χ0v) is 28.1. The standard InChI is InChI=1S/C12H23N.C9H10.C6H13NO2.C5H12N2O2.C2H5NO2/c1-3-7-11(8-4-1)13-12-9-5-2-6-10-12;1-2-5-9-7-3-6-8(9)4-1;1-2-3-4-5(7)6(8)9;1-7(2)3-4(6)5(8)9;3-1-2(4)5/h11-13H,1-10H2;1-2,4-5H,3,6-7H2;5H,2-4,7H2,1H3,(H,8,9);4H,3,6H2,1-2H3,(H,8,9);1,3H2,(H,4,5)/t;;5-;4-;/m..00./s1. The first kappa shape index (κ1) is 42.4. The molecule has 0 radical (unpaired) electrons. The van der Waals surface area contributed by atoms with Crippen molar-refractivity contribution in [2.45, 2.75) is 134 Å². The Hall–Kier alpha value is -2.57. The number of unbranched alkanes of at least 4 members (excludes halogenated alkanes) is 1. The number of nitrogens with two attached hydrogens (primary N) is 3. The summed E-state index contributed by atoms with van der Waals surface area (Å²) in [4.78, 5) is 31.1. The summed E-state index contributed by atoms with van der Waals surface area (Å²) >= 11 is 0. The summed E-state index contributed by atoms with van der Waals surface area (Å²) in [5, 5.41) is 28.0. The van der Waals surface area contributed by atoms with Crippen molar-refractivity contribution in [3.8, 4) is 0 Å². The van der Waals surface area contributed by atoms with Crippen molar-refractivity contribution >= 4 is 17.9 Å². The van der Waals surface area contributed by atoms with Crippen LogP contribution in [0, 0.1) is 0 Å². The van der Waals surface area contributed by atoms with Crippen LogP contribution in [0.1, 0.15) is 108 Å². The number of carboxylic acids is 3. The van der Waals surface area contributed by atoms with Crippen LogP contribution in [0.25, 0.3) is 0 Å². The smallest absolute Gasteiger partial charge is 0.321 e. The van der Waals surface area contributed by atoms with E-state index in [1.54, 1.807) is 30.1 Å². The average Bonchev–Trinajstić information content (AvgIpc) is 3.51. The number of likely N-dealkylation sites (N-methyl/N-ethyl adjacent to an activating group) is 1. The highest BCUT2D eigenvalue weighted by Crippen LogP contribution is 2.22. The Balaban J connectivity index is 0.000000554. The number of hydrogen-bond acceptors (Lipinski definition) is 8. The maximum Gasteiger partial charge on any atom is 0.321 e. The molecule has 3 aliphatic carbocycles. The third kappa shape index (κ3) is 23.4. The molecule has 0 unspecified atom stereocenters. The topological polar surface area (TPSA) is 205 Å². The second-order valence-corrected chi connectivity index (χ2v) is 12.4. The average molecular weight is 638 g/mol. The van der Waals surface area contributed by atoms with E-state index in [-0.39, 0.29) is 6.54 Å². The van der Waals surface area contributed by atoms with Crippen LogP contribution < -0.4 is 22.5 Å². The number of carbonyl (C=O) groups is 3. The van der Waals surface area contributed by atoms with Gasteiger partial charge in [-0.05, 0) is 76.6 Å². The van der Waals surface area contributed by atoms with E-state index in [1.807, 2.05) is 6.92 Å². The Kier molecular flexibility index (Phi) is 25.1. The Morgan fingerprint density at radius 3 is 1.53 bits per heavy atom. The van der Waals surface area contributed by atoms with Crippen molar-refractivity contribution in [2.75, 3.05) is 27.2 Å². The maximum absolute atomic E-state index is 10.1. The summed E-state index contributed by atoms with van der Waals surface area (Å²) in [7, 11) is 3.56. The van der Waals surface area contributed by atoms with Crippen molar-refractivity contribution in [1.29, 1.82) is 0 Å². The van der Waals surface area contributed by atoms with Gasteiger partial charge in [0.1, 0.15) is 12.1 Å². The Bertz CT molecular complexity index is 881. The van der Waals surface area contributed by atoms with Crippen LogP contribution in [0.4, 0.5) is 0 Å². The quantitative estimate of drug-likeness (QED) is 0.195. The minimum atomic E-state index is -0.968.